The molecule has 0 atom stereocenters. The number of benzene rings is 1. The van der Waals surface area contributed by atoms with Crippen molar-refractivity contribution in [3.05, 3.63) is 35.4 Å². The molecule has 0 radical (unpaired) electrons. The van der Waals surface area contributed by atoms with Crippen LogP contribution in [0.5, 0.6) is 0 Å². The summed E-state index contributed by atoms with van der Waals surface area (Å²) in [6, 6.07) is 7.55. The van der Waals surface area contributed by atoms with E-state index >= 15 is 0 Å². The summed E-state index contributed by atoms with van der Waals surface area (Å²) in [4.78, 5) is 11.3. The van der Waals surface area contributed by atoms with Crippen molar-refractivity contribution in [2.24, 2.45) is 5.73 Å². The Kier molecular flexibility index (Phi) is 3.00. The van der Waals surface area contributed by atoms with Gasteiger partial charge in [-0.2, -0.15) is 0 Å². The topological polar surface area (TPSA) is 43.1 Å². The Morgan fingerprint density at radius 1 is 1.33 bits per heavy atom. The Morgan fingerprint density at radius 3 is 2.42 bits per heavy atom. The third-order valence-electron chi connectivity index (χ3n) is 1.74. The minimum Gasteiger partial charge on any atom is -0.330 e. The first kappa shape index (κ1) is 8.94. The van der Waals surface area contributed by atoms with E-state index in [1.165, 1.54) is 5.56 Å². The molecule has 0 unspecified atom stereocenters. The van der Waals surface area contributed by atoms with Crippen LogP contribution in [-0.4, -0.2) is 12.3 Å². The molecule has 0 spiro atoms. The van der Waals surface area contributed by atoms with Gasteiger partial charge < -0.3 is 5.73 Å². The van der Waals surface area contributed by atoms with Crippen molar-refractivity contribution in [2.45, 2.75) is 13.3 Å². The molecule has 1 aromatic rings. The van der Waals surface area contributed by atoms with Gasteiger partial charge in [-0.1, -0.05) is 29.8 Å². The van der Waals surface area contributed by atoms with E-state index in [4.69, 9.17) is 5.73 Å². The summed E-state index contributed by atoms with van der Waals surface area (Å²) in [5.74, 6) is 0.123. The third kappa shape index (κ3) is 2.17. The van der Waals surface area contributed by atoms with Gasteiger partial charge in [0.15, 0.2) is 5.78 Å². The second-order valence-corrected chi connectivity index (χ2v) is 2.83. The molecule has 0 aliphatic heterocycles. The molecule has 64 valence electrons. The van der Waals surface area contributed by atoms with Crippen molar-refractivity contribution < 1.29 is 4.79 Å². The quantitative estimate of drug-likeness (QED) is 0.686. The van der Waals surface area contributed by atoms with Gasteiger partial charge in [0, 0.05) is 12.0 Å². The molecule has 0 saturated carbocycles. The Labute approximate surface area is 72.4 Å². The van der Waals surface area contributed by atoms with E-state index in [9.17, 15) is 4.79 Å². The molecule has 0 fully saturated rings. The van der Waals surface area contributed by atoms with Crippen LogP contribution in [0.4, 0.5) is 0 Å². The molecule has 0 amide bonds. The zero-order valence-corrected chi connectivity index (χ0v) is 7.21. The predicted octanol–water partition coefficient (Wildman–Crippen LogP) is 1.53. The molecular weight excluding hydrogens is 150 g/mol. The van der Waals surface area contributed by atoms with Crippen LogP contribution in [0.1, 0.15) is 22.3 Å². The van der Waals surface area contributed by atoms with Crippen LogP contribution in [0.3, 0.4) is 0 Å². The van der Waals surface area contributed by atoms with Crippen molar-refractivity contribution in [1.82, 2.24) is 0 Å². The highest BCUT2D eigenvalue weighted by Gasteiger charge is 2.02. The smallest absolute Gasteiger partial charge is 0.164 e. The van der Waals surface area contributed by atoms with E-state index in [2.05, 4.69) is 0 Å². The highest BCUT2D eigenvalue weighted by molar-refractivity contribution is 5.96. The summed E-state index contributed by atoms with van der Waals surface area (Å²) in [5.41, 5.74) is 7.20. The number of rotatable bonds is 3. The normalized spacial score (nSPS) is 9.83. The van der Waals surface area contributed by atoms with E-state index in [0.717, 1.165) is 5.56 Å². The summed E-state index contributed by atoms with van der Waals surface area (Å²) in [5, 5.41) is 0. The first-order chi connectivity index (χ1) is 5.74. The van der Waals surface area contributed by atoms with Gasteiger partial charge in [-0.05, 0) is 13.5 Å². The van der Waals surface area contributed by atoms with Crippen LogP contribution in [0.15, 0.2) is 24.3 Å². The largest absolute Gasteiger partial charge is 0.330 e. The lowest BCUT2D eigenvalue weighted by Gasteiger charge is -1.98. The number of ketones is 1. The fourth-order valence-electron chi connectivity index (χ4n) is 1.01. The minimum absolute atomic E-state index is 0.123. The van der Waals surface area contributed by atoms with Crippen LogP contribution in [-0.2, 0) is 0 Å². The lowest BCUT2D eigenvalue weighted by molar-refractivity contribution is 0.0985. The van der Waals surface area contributed by atoms with E-state index < -0.39 is 0 Å². The van der Waals surface area contributed by atoms with Gasteiger partial charge in [-0.25, -0.2) is 0 Å². The maximum atomic E-state index is 11.3. The summed E-state index contributed by atoms with van der Waals surface area (Å²) in [6.07, 6.45) is 0.434. The van der Waals surface area contributed by atoms with Crippen molar-refractivity contribution in [1.29, 1.82) is 0 Å². The Morgan fingerprint density at radius 2 is 1.92 bits per heavy atom. The minimum atomic E-state index is 0.123. The Balaban J connectivity index is 2.75. The average Bonchev–Trinajstić information content (AvgIpc) is 2.06. The highest BCUT2D eigenvalue weighted by Crippen LogP contribution is 2.05. The standard InChI is InChI=1S/C10H13NO/c1-8-2-4-9(5-3-8)10(12)6-7-11/h2-5H,6-7,11H2,1H3. The maximum absolute atomic E-state index is 11.3. The molecule has 0 bridgehead atoms. The summed E-state index contributed by atoms with van der Waals surface area (Å²) in [6.45, 7) is 2.42. The van der Waals surface area contributed by atoms with E-state index in [1.807, 2.05) is 31.2 Å². The monoisotopic (exact) mass is 163 g/mol. The van der Waals surface area contributed by atoms with Gasteiger partial charge in [-0.15, -0.1) is 0 Å². The number of carbonyl (C=O) groups is 1. The highest BCUT2D eigenvalue weighted by atomic mass is 16.1. The van der Waals surface area contributed by atoms with Gasteiger partial charge in [0.2, 0.25) is 0 Å². The fourth-order valence-corrected chi connectivity index (χ4v) is 1.01. The van der Waals surface area contributed by atoms with Gasteiger partial charge >= 0.3 is 0 Å². The molecule has 2 heteroatoms. The zero-order valence-electron chi connectivity index (χ0n) is 7.21. The average molecular weight is 163 g/mol. The number of carbonyl (C=O) groups excluding carboxylic acids is 1. The number of hydrogen-bond acceptors (Lipinski definition) is 2. The first-order valence-electron chi connectivity index (χ1n) is 4.04. The van der Waals surface area contributed by atoms with E-state index in [1.54, 1.807) is 0 Å². The maximum Gasteiger partial charge on any atom is 0.164 e. The number of aryl methyl sites for hydroxylation is 1. The molecule has 0 aromatic heterocycles. The lowest BCUT2D eigenvalue weighted by Crippen LogP contribution is -2.07. The summed E-state index contributed by atoms with van der Waals surface area (Å²) >= 11 is 0. The number of Topliss-reactive ketones (excluding diaryl/α,β-unsaturated/α-hetero) is 1. The Bertz CT molecular complexity index is 264. The number of nitrogens with two attached hydrogens (primary N) is 1. The van der Waals surface area contributed by atoms with E-state index in [-0.39, 0.29) is 5.78 Å². The van der Waals surface area contributed by atoms with E-state index in [0.29, 0.717) is 13.0 Å². The van der Waals surface area contributed by atoms with Gasteiger partial charge in [0.25, 0.3) is 0 Å². The lowest BCUT2D eigenvalue weighted by atomic mass is 10.1. The molecule has 0 heterocycles. The molecule has 0 aliphatic carbocycles. The second kappa shape index (κ2) is 4.02. The second-order valence-electron chi connectivity index (χ2n) is 2.83. The van der Waals surface area contributed by atoms with Crippen molar-refractivity contribution >= 4 is 5.78 Å². The van der Waals surface area contributed by atoms with Crippen molar-refractivity contribution in [3.63, 3.8) is 0 Å². The summed E-state index contributed by atoms with van der Waals surface area (Å²) in [7, 11) is 0. The summed E-state index contributed by atoms with van der Waals surface area (Å²) < 4.78 is 0. The van der Waals surface area contributed by atoms with Crippen molar-refractivity contribution in [2.75, 3.05) is 6.54 Å². The molecule has 0 saturated heterocycles. The van der Waals surface area contributed by atoms with Crippen molar-refractivity contribution in [3.8, 4) is 0 Å². The predicted molar refractivity (Wildman–Crippen MR) is 49.2 cm³/mol. The van der Waals surface area contributed by atoms with Crippen LogP contribution < -0.4 is 5.73 Å². The third-order valence-corrected chi connectivity index (χ3v) is 1.74. The van der Waals surface area contributed by atoms with Crippen LogP contribution in [0, 0.1) is 6.92 Å². The van der Waals surface area contributed by atoms with Gasteiger partial charge in [0.1, 0.15) is 0 Å². The SMILES string of the molecule is Cc1ccc(C(=O)CCN)cc1. The fraction of sp³-hybridized carbons (Fsp3) is 0.300. The molecule has 1 aromatic carbocycles. The first-order valence-corrected chi connectivity index (χ1v) is 4.04. The molecular formula is C10H13NO. The molecule has 2 nitrogen and oxygen atoms in total. The number of hydrogen-bond donors (Lipinski definition) is 1. The Hall–Kier alpha value is -1.15. The van der Waals surface area contributed by atoms with Crippen LogP contribution in [0.25, 0.3) is 0 Å². The molecule has 0 aliphatic rings. The molecule has 12 heavy (non-hydrogen) atoms. The van der Waals surface area contributed by atoms with Crippen LogP contribution in [0.2, 0.25) is 0 Å². The van der Waals surface area contributed by atoms with Gasteiger partial charge in [0.05, 0.1) is 0 Å². The van der Waals surface area contributed by atoms with Gasteiger partial charge in [-0.3, -0.25) is 4.79 Å². The zero-order chi connectivity index (χ0) is 8.97. The molecule has 1 rings (SSSR count). The molecule has 2 N–H and O–H groups in total. The van der Waals surface area contributed by atoms with Crippen LogP contribution >= 0.6 is 0 Å².